The van der Waals surface area contributed by atoms with Crippen molar-refractivity contribution >= 4 is 21.7 Å². The van der Waals surface area contributed by atoms with Crippen LogP contribution in [0, 0.1) is 0 Å². The molecule has 1 aromatic heterocycles. The second-order valence-corrected chi connectivity index (χ2v) is 8.37. The van der Waals surface area contributed by atoms with Gasteiger partial charge in [0.05, 0.1) is 17.1 Å². The molecule has 1 fully saturated rings. The van der Waals surface area contributed by atoms with Gasteiger partial charge in [0.15, 0.2) is 5.82 Å². The average molecular weight is 378 g/mol. The maximum atomic E-state index is 12.8. The Morgan fingerprint density at radius 1 is 1.15 bits per heavy atom. The van der Waals surface area contributed by atoms with Crippen molar-refractivity contribution in [2.45, 2.75) is 31.0 Å². The molecule has 2 atom stereocenters. The number of hydrogen-bond acceptors (Lipinski definition) is 5. The van der Waals surface area contributed by atoms with Crippen LogP contribution in [0.2, 0.25) is 0 Å². The van der Waals surface area contributed by atoms with Crippen molar-refractivity contribution < 1.29 is 17.9 Å². The second-order valence-electron chi connectivity index (χ2n) is 6.43. The first-order valence-electron chi connectivity index (χ1n) is 8.32. The summed E-state index contributed by atoms with van der Waals surface area (Å²) in [5, 5.41) is 6.74. The Bertz CT molecular complexity index is 882. The molecule has 0 saturated carbocycles. The average Bonchev–Trinajstić information content (AvgIpc) is 2.99. The van der Waals surface area contributed by atoms with Crippen LogP contribution in [-0.2, 0) is 21.8 Å². The molecule has 26 heavy (non-hydrogen) atoms. The molecule has 9 heteroatoms. The van der Waals surface area contributed by atoms with Crippen LogP contribution in [0.25, 0.3) is 0 Å². The topological polar surface area (TPSA) is 93.5 Å². The van der Waals surface area contributed by atoms with Gasteiger partial charge in [0.25, 0.3) is 5.91 Å². The number of carbonyl (C=O) groups is 1. The lowest BCUT2D eigenvalue weighted by Crippen LogP contribution is -2.48. The Labute approximate surface area is 152 Å². The summed E-state index contributed by atoms with van der Waals surface area (Å²) in [4.78, 5) is 12.4. The summed E-state index contributed by atoms with van der Waals surface area (Å²) in [5.74, 6) is 0.0896. The first kappa shape index (κ1) is 18.6. The van der Waals surface area contributed by atoms with Gasteiger partial charge in [0.1, 0.15) is 0 Å². The lowest BCUT2D eigenvalue weighted by molar-refractivity contribution is -0.0440. The number of aromatic nitrogens is 2. The number of carbonyl (C=O) groups excluding carboxylic acids is 1. The normalized spacial score (nSPS) is 21.5. The molecule has 3 rings (SSSR count). The molecule has 2 aromatic rings. The molecule has 1 aliphatic heterocycles. The predicted octanol–water partition coefficient (Wildman–Crippen LogP) is 1.47. The summed E-state index contributed by atoms with van der Waals surface area (Å²) in [7, 11) is -1.87. The van der Waals surface area contributed by atoms with E-state index in [1.54, 1.807) is 24.0 Å². The number of nitrogens with zero attached hydrogens (tertiary/aromatic N) is 3. The molecule has 2 heterocycles. The lowest BCUT2D eigenvalue weighted by atomic mass is 10.2. The number of sulfonamides is 1. The van der Waals surface area contributed by atoms with Gasteiger partial charge in [-0.1, -0.05) is 0 Å². The summed E-state index contributed by atoms with van der Waals surface area (Å²) in [6.45, 7) is 4.33. The Morgan fingerprint density at radius 3 is 2.31 bits per heavy atom. The smallest absolute Gasteiger partial charge is 0.256 e. The van der Waals surface area contributed by atoms with Crippen LogP contribution in [0.1, 0.15) is 24.2 Å². The summed E-state index contributed by atoms with van der Waals surface area (Å²) in [5.41, 5.74) is 0.360. The number of rotatable bonds is 4. The summed E-state index contributed by atoms with van der Waals surface area (Å²) in [6.07, 6.45) is 1.41. The molecule has 0 unspecified atom stereocenters. The fourth-order valence-electron chi connectivity index (χ4n) is 2.92. The van der Waals surface area contributed by atoms with Crippen LogP contribution < -0.4 is 5.32 Å². The zero-order valence-electron chi connectivity index (χ0n) is 14.9. The number of morpholine rings is 1. The summed E-state index contributed by atoms with van der Waals surface area (Å²) in [6, 6.07) is 7.58. The quantitative estimate of drug-likeness (QED) is 0.870. The molecule has 1 amide bonds. The molecule has 0 aliphatic carbocycles. The van der Waals surface area contributed by atoms with Crippen LogP contribution >= 0.6 is 0 Å². The van der Waals surface area contributed by atoms with E-state index in [0.29, 0.717) is 24.5 Å². The molecule has 1 saturated heterocycles. The molecule has 140 valence electrons. The molecule has 0 bridgehead atoms. The van der Waals surface area contributed by atoms with Gasteiger partial charge in [0, 0.05) is 38.0 Å². The van der Waals surface area contributed by atoms with E-state index >= 15 is 0 Å². The number of nitrogens with one attached hydrogen (secondary N) is 1. The highest BCUT2D eigenvalue weighted by Gasteiger charge is 2.32. The van der Waals surface area contributed by atoms with Gasteiger partial charge >= 0.3 is 0 Å². The Balaban J connectivity index is 1.75. The molecule has 1 N–H and O–H groups in total. The standard InChI is InChI=1S/C17H22N4O4S/c1-12-10-21(11-13(2)25-12)26(23,24)15-6-4-14(5-7-15)17(22)18-16-8-9-20(3)19-16/h4-9,12-13H,10-11H2,1-3H3,(H,18,19,22)/t12-,13+. The van der Waals surface area contributed by atoms with Crippen molar-refractivity contribution in [2.24, 2.45) is 7.05 Å². The van der Waals surface area contributed by atoms with Crippen molar-refractivity contribution in [1.82, 2.24) is 14.1 Å². The number of ether oxygens (including phenoxy) is 1. The highest BCUT2D eigenvalue weighted by Crippen LogP contribution is 2.21. The van der Waals surface area contributed by atoms with Gasteiger partial charge in [-0.05, 0) is 38.1 Å². The van der Waals surface area contributed by atoms with E-state index in [1.807, 2.05) is 13.8 Å². The largest absolute Gasteiger partial charge is 0.373 e. The molecule has 0 spiro atoms. The Kier molecular flexibility index (Phi) is 5.12. The Morgan fingerprint density at radius 2 is 1.77 bits per heavy atom. The van der Waals surface area contributed by atoms with Crippen molar-refractivity contribution in [1.29, 1.82) is 0 Å². The predicted molar refractivity (Wildman–Crippen MR) is 96.4 cm³/mol. The highest BCUT2D eigenvalue weighted by atomic mass is 32.2. The van der Waals surface area contributed by atoms with Crippen LogP contribution in [-0.4, -0.2) is 53.7 Å². The zero-order chi connectivity index (χ0) is 18.9. The minimum absolute atomic E-state index is 0.156. The molecule has 1 aromatic carbocycles. The number of amides is 1. The Hall–Kier alpha value is -2.23. The first-order chi connectivity index (χ1) is 12.3. The number of aryl methyl sites for hydroxylation is 1. The van der Waals surface area contributed by atoms with Gasteiger partial charge in [-0.25, -0.2) is 8.42 Å². The number of hydrogen-bond donors (Lipinski definition) is 1. The summed E-state index contributed by atoms with van der Waals surface area (Å²) < 4.78 is 34.2. The first-order valence-corrected chi connectivity index (χ1v) is 9.76. The minimum atomic E-state index is -3.62. The third kappa shape index (κ3) is 3.95. The fourth-order valence-corrected chi connectivity index (χ4v) is 4.52. The van der Waals surface area contributed by atoms with E-state index in [1.165, 1.54) is 28.6 Å². The van der Waals surface area contributed by atoms with Gasteiger partial charge in [0.2, 0.25) is 10.0 Å². The van der Waals surface area contributed by atoms with Crippen molar-refractivity contribution in [3.63, 3.8) is 0 Å². The fraction of sp³-hybridized carbons (Fsp3) is 0.412. The van der Waals surface area contributed by atoms with Crippen LogP contribution in [0.4, 0.5) is 5.82 Å². The van der Waals surface area contributed by atoms with Gasteiger partial charge in [-0.15, -0.1) is 0 Å². The van der Waals surface area contributed by atoms with Gasteiger partial charge in [-0.2, -0.15) is 9.40 Å². The van der Waals surface area contributed by atoms with Gasteiger partial charge < -0.3 is 10.1 Å². The van der Waals surface area contributed by atoms with Crippen LogP contribution in [0.3, 0.4) is 0 Å². The van der Waals surface area contributed by atoms with E-state index in [2.05, 4.69) is 10.4 Å². The zero-order valence-corrected chi connectivity index (χ0v) is 15.7. The van der Waals surface area contributed by atoms with Crippen LogP contribution in [0.15, 0.2) is 41.4 Å². The van der Waals surface area contributed by atoms with E-state index in [9.17, 15) is 13.2 Å². The molecule has 1 aliphatic rings. The number of benzene rings is 1. The van der Waals surface area contributed by atoms with Crippen molar-refractivity contribution in [3.05, 3.63) is 42.1 Å². The van der Waals surface area contributed by atoms with E-state index in [-0.39, 0.29) is 23.0 Å². The number of anilines is 1. The third-order valence-electron chi connectivity index (χ3n) is 4.10. The maximum absolute atomic E-state index is 12.8. The monoisotopic (exact) mass is 378 g/mol. The van der Waals surface area contributed by atoms with E-state index in [4.69, 9.17) is 4.74 Å². The van der Waals surface area contributed by atoms with Crippen LogP contribution in [0.5, 0.6) is 0 Å². The highest BCUT2D eigenvalue weighted by molar-refractivity contribution is 7.89. The molecule has 0 radical (unpaired) electrons. The molecular weight excluding hydrogens is 356 g/mol. The SMILES string of the molecule is C[C@@H]1CN(S(=O)(=O)c2ccc(C(=O)Nc3ccn(C)n3)cc2)C[C@H](C)O1. The second kappa shape index (κ2) is 7.18. The molecule has 8 nitrogen and oxygen atoms in total. The molecular formula is C17H22N4O4S. The van der Waals surface area contributed by atoms with E-state index in [0.717, 1.165) is 0 Å². The minimum Gasteiger partial charge on any atom is -0.373 e. The van der Waals surface area contributed by atoms with Crippen molar-refractivity contribution in [3.8, 4) is 0 Å². The third-order valence-corrected chi connectivity index (χ3v) is 5.94. The van der Waals surface area contributed by atoms with E-state index < -0.39 is 10.0 Å². The summed E-state index contributed by atoms with van der Waals surface area (Å²) >= 11 is 0. The maximum Gasteiger partial charge on any atom is 0.256 e. The van der Waals surface area contributed by atoms with Crippen molar-refractivity contribution in [2.75, 3.05) is 18.4 Å². The lowest BCUT2D eigenvalue weighted by Gasteiger charge is -2.34. The van der Waals surface area contributed by atoms with Gasteiger partial charge in [-0.3, -0.25) is 9.48 Å².